The van der Waals surface area contributed by atoms with Gasteiger partial charge in [0, 0.05) is 12.1 Å². The molecule has 2 atom stereocenters. The van der Waals surface area contributed by atoms with Crippen molar-refractivity contribution in [2.45, 2.75) is 35.6 Å². The van der Waals surface area contributed by atoms with Gasteiger partial charge >= 0.3 is 0 Å². The molecule has 0 N–H and O–H groups in total. The topological polar surface area (TPSA) is 37.4 Å². The summed E-state index contributed by atoms with van der Waals surface area (Å²) in [4.78, 5) is 0. The summed E-state index contributed by atoms with van der Waals surface area (Å²) in [5, 5.41) is 0. The molecular weight excluding hydrogens is 278 g/mol. The molecule has 92 valence electrons. The van der Waals surface area contributed by atoms with Gasteiger partial charge in [0.05, 0.1) is 4.34 Å². The van der Waals surface area contributed by atoms with Crippen LogP contribution in [0.4, 0.5) is 0 Å². The molecule has 0 radical (unpaired) electrons. The summed E-state index contributed by atoms with van der Waals surface area (Å²) in [6, 6.07) is 3.41. The molecule has 3 rings (SSSR count). The van der Waals surface area contributed by atoms with Crippen molar-refractivity contribution in [3.05, 3.63) is 28.6 Å². The Labute approximate surface area is 110 Å². The molecule has 0 aliphatic carbocycles. The number of hydrogen-bond donors (Lipinski definition) is 0. The van der Waals surface area contributed by atoms with Crippen molar-refractivity contribution in [2.24, 2.45) is 0 Å². The van der Waals surface area contributed by atoms with Gasteiger partial charge in [-0.1, -0.05) is 23.8 Å². The van der Waals surface area contributed by atoms with Gasteiger partial charge in [0.1, 0.15) is 4.21 Å². The van der Waals surface area contributed by atoms with Crippen LogP contribution in [0.1, 0.15) is 19.3 Å². The Kier molecular flexibility index (Phi) is 2.82. The molecule has 0 amide bonds. The molecule has 2 aliphatic rings. The second kappa shape index (κ2) is 4.09. The molecule has 6 heteroatoms. The molecule has 0 saturated carbocycles. The third-order valence-electron chi connectivity index (χ3n) is 3.33. The number of sulfonamides is 1. The largest absolute Gasteiger partial charge is 0.253 e. The summed E-state index contributed by atoms with van der Waals surface area (Å²) in [5.41, 5.74) is 0. The first-order chi connectivity index (χ1) is 8.09. The van der Waals surface area contributed by atoms with E-state index in [1.165, 1.54) is 0 Å². The normalized spacial score (nSPS) is 28.8. The average Bonchev–Trinajstić information content (AvgIpc) is 2.82. The molecule has 2 unspecified atom stereocenters. The minimum Gasteiger partial charge on any atom is -0.206 e. The van der Waals surface area contributed by atoms with E-state index in [4.69, 9.17) is 11.6 Å². The molecule has 1 fully saturated rings. The quantitative estimate of drug-likeness (QED) is 0.785. The van der Waals surface area contributed by atoms with Crippen molar-refractivity contribution in [1.82, 2.24) is 4.31 Å². The van der Waals surface area contributed by atoms with Gasteiger partial charge in [0.2, 0.25) is 0 Å². The number of hydrogen-bond acceptors (Lipinski definition) is 3. The van der Waals surface area contributed by atoms with Crippen molar-refractivity contribution in [1.29, 1.82) is 0 Å². The van der Waals surface area contributed by atoms with E-state index in [1.54, 1.807) is 16.4 Å². The maximum absolute atomic E-state index is 12.5. The Hall–Kier alpha value is -0.360. The van der Waals surface area contributed by atoms with E-state index in [-0.39, 0.29) is 12.1 Å². The van der Waals surface area contributed by atoms with Crippen LogP contribution in [0, 0.1) is 0 Å². The van der Waals surface area contributed by atoms with Crippen LogP contribution < -0.4 is 0 Å². The zero-order valence-corrected chi connectivity index (χ0v) is 11.4. The Morgan fingerprint density at radius 1 is 1.35 bits per heavy atom. The SMILES string of the molecule is O=S(=O)(c1ccc(Cl)s1)N1C2C=CCC1CC2. The van der Waals surface area contributed by atoms with Crippen molar-refractivity contribution < 1.29 is 8.42 Å². The number of fused-ring (bicyclic) bond motifs is 2. The van der Waals surface area contributed by atoms with E-state index in [0.717, 1.165) is 30.6 Å². The van der Waals surface area contributed by atoms with Gasteiger partial charge in [-0.25, -0.2) is 8.42 Å². The maximum Gasteiger partial charge on any atom is 0.253 e. The Morgan fingerprint density at radius 2 is 2.18 bits per heavy atom. The fraction of sp³-hybridized carbons (Fsp3) is 0.455. The number of rotatable bonds is 2. The lowest BCUT2D eigenvalue weighted by Gasteiger charge is -2.29. The first-order valence-corrected chi connectivity index (χ1v) is 8.18. The minimum absolute atomic E-state index is 0.0413. The highest BCUT2D eigenvalue weighted by Crippen LogP contribution is 2.38. The van der Waals surface area contributed by atoms with Crippen LogP contribution in [-0.2, 0) is 10.0 Å². The second-order valence-corrected chi connectivity index (χ2v) is 8.14. The highest BCUT2D eigenvalue weighted by molar-refractivity contribution is 7.91. The predicted octanol–water partition coefficient (Wildman–Crippen LogP) is 2.88. The lowest BCUT2D eigenvalue weighted by molar-refractivity contribution is 0.342. The lowest BCUT2D eigenvalue weighted by atomic mass is 10.2. The van der Waals surface area contributed by atoms with E-state index < -0.39 is 10.0 Å². The molecule has 1 aromatic rings. The van der Waals surface area contributed by atoms with Gasteiger partial charge in [0.25, 0.3) is 10.0 Å². The molecular formula is C11H12ClNO2S2. The van der Waals surface area contributed by atoms with Crippen LogP contribution in [0.5, 0.6) is 0 Å². The lowest BCUT2D eigenvalue weighted by Crippen LogP contribution is -2.41. The van der Waals surface area contributed by atoms with Crippen LogP contribution in [0.3, 0.4) is 0 Å². The van der Waals surface area contributed by atoms with E-state index in [1.807, 2.05) is 6.08 Å². The zero-order valence-electron chi connectivity index (χ0n) is 9.04. The second-order valence-electron chi connectivity index (χ2n) is 4.36. The summed E-state index contributed by atoms with van der Waals surface area (Å²) in [6.07, 6.45) is 6.82. The standard InChI is InChI=1S/C11H12ClNO2S2/c12-10-6-7-11(16-10)17(14,15)13-8-2-1-3-9(13)5-4-8/h1-2,6-9H,3-5H2. The van der Waals surface area contributed by atoms with E-state index in [0.29, 0.717) is 8.55 Å². The average molecular weight is 290 g/mol. The molecule has 3 heterocycles. The number of nitrogens with zero attached hydrogens (tertiary/aromatic N) is 1. The molecule has 3 nitrogen and oxygen atoms in total. The summed E-state index contributed by atoms with van der Waals surface area (Å²) in [6.45, 7) is 0. The van der Waals surface area contributed by atoms with E-state index >= 15 is 0 Å². The van der Waals surface area contributed by atoms with Crippen LogP contribution >= 0.6 is 22.9 Å². The maximum atomic E-state index is 12.5. The van der Waals surface area contributed by atoms with Gasteiger partial charge in [-0.2, -0.15) is 4.31 Å². The summed E-state index contributed by atoms with van der Waals surface area (Å²) in [5.74, 6) is 0. The fourth-order valence-electron chi connectivity index (χ4n) is 2.60. The van der Waals surface area contributed by atoms with Gasteiger partial charge in [0.15, 0.2) is 0 Å². The van der Waals surface area contributed by atoms with Crippen molar-refractivity contribution in [3.63, 3.8) is 0 Å². The summed E-state index contributed by atoms with van der Waals surface area (Å²) >= 11 is 6.95. The monoisotopic (exact) mass is 289 g/mol. The fourth-order valence-corrected chi connectivity index (χ4v) is 6.03. The van der Waals surface area contributed by atoms with Gasteiger partial charge in [-0.15, -0.1) is 11.3 Å². The molecule has 0 aromatic carbocycles. The molecule has 1 saturated heterocycles. The molecule has 2 bridgehead atoms. The number of thiophene rings is 1. The highest BCUT2D eigenvalue weighted by Gasteiger charge is 2.42. The van der Waals surface area contributed by atoms with E-state index in [9.17, 15) is 8.42 Å². The number of halogens is 1. The first-order valence-electron chi connectivity index (χ1n) is 5.54. The molecule has 0 spiro atoms. The minimum atomic E-state index is -3.36. The molecule has 2 aliphatic heterocycles. The van der Waals surface area contributed by atoms with Crippen LogP contribution in [0.25, 0.3) is 0 Å². The van der Waals surface area contributed by atoms with Crippen LogP contribution in [0.15, 0.2) is 28.5 Å². The van der Waals surface area contributed by atoms with Gasteiger partial charge in [-0.3, -0.25) is 0 Å². The van der Waals surface area contributed by atoms with Crippen molar-refractivity contribution >= 4 is 33.0 Å². The third-order valence-corrected chi connectivity index (χ3v) is 7.01. The smallest absolute Gasteiger partial charge is 0.206 e. The van der Waals surface area contributed by atoms with Crippen LogP contribution in [-0.4, -0.2) is 24.8 Å². The Balaban J connectivity index is 2.02. The van der Waals surface area contributed by atoms with Gasteiger partial charge in [-0.05, 0) is 31.4 Å². The van der Waals surface area contributed by atoms with Crippen molar-refractivity contribution in [3.8, 4) is 0 Å². The Morgan fingerprint density at radius 3 is 2.82 bits per heavy atom. The summed E-state index contributed by atoms with van der Waals surface area (Å²) < 4.78 is 27.5. The predicted molar refractivity (Wildman–Crippen MR) is 68.9 cm³/mol. The zero-order chi connectivity index (χ0) is 12.0. The first kappa shape index (κ1) is 11.7. The highest BCUT2D eigenvalue weighted by atomic mass is 35.5. The van der Waals surface area contributed by atoms with E-state index in [2.05, 4.69) is 6.08 Å². The van der Waals surface area contributed by atoms with Crippen LogP contribution in [0.2, 0.25) is 4.34 Å². The van der Waals surface area contributed by atoms with Gasteiger partial charge < -0.3 is 0 Å². The summed E-state index contributed by atoms with van der Waals surface area (Å²) in [7, 11) is -3.36. The molecule has 1 aromatic heterocycles. The van der Waals surface area contributed by atoms with Crippen molar-refractivity contribution in [2.75, 3.05) is 0 Å². The Bertz CT molecular complexity index is 564. The molecule has 17 heavy (non-hydrogen) atoms. The third kappa shape index (κ3) is 1.85.